The number of amides is 4. The Bertz CT molecular complexity index is 2550. The van der Waals surface area contributed by atoms with Crippen molar-refractivity contribution in [2.24, 2.45) is 0 Å². The zero-order valence-electron chi connectivity index (χ0n) is 36.3. The minimum atomic E-state index is -1.35. The van der Waals surface area contributed by atoms with Crippen molar-refractivity contribution in [3.05, 3.63) is 116 Å². The molecule has 5 N–H and O–H groups in total. The smallest absolute Gasteiger partial charge is 0.344 e. The van der Waals surface area contributed by atoms with E-state index in [1.165, 1.54) is 48.2 Å². The number of aromatic hydroxyl groups is 2. The molecule has 0 bridgehead atoms. The zero-order chi connectivity index (χ0) is 46.6. The topological polar surface area (TPSA) is 244 Å². The van der Waals surface area contributed by atoms with Crippen LogP contribution in [0.1, 0.15) is 73.0 Å². The molecule has 2 aromatic heterocycles. The van der Waals surface area contributed by atoms with Crippen LogP contribution in [0.3, 0.4) is 0 Å². The molecule has 2 atom stereocenters. The molecule has 3 heterocycles. The van der Waals surface area contributed by atoms with Crippen LogP contribution in [-0.2, 0) is 28.7 Å². The Labute approximate surface area is 377 Å². The number of benzene rings is 3. The molecule has 4 amide bonds. The Morgan fingerprint density at radius 2 is 1.34 bits per heavy atom. The van der Waals surface area contributed by atoms with Crippen LogP contribution in [0, 0.1) is 0 Å². The van der Waals surface area contributed by atoms with Gasteiger partial charge in [0.2, 0.25) is 17.7 Å². The number of carbonyl (C=O) groups is 5. The fourth-order valence-electron chi connectivity index (χ4n) is 7.45. The van der Waals surface area contributed by atoms with Gasteiger partial charge in [0.25, 0.3) is 5.91 Å². The van der Waals surface area contributed by atoms with Crippen molar-refractivity contribution >= 4 is 63.1 Å². The van der Waals surface area contributed by atoms with Gasteiger partial charge in [0.05, 0.1) is 65.5 Å². The van der Waals surface area contributed by atoms with Gasteiger partial charge in [-0.3, -0.25) is 28.9 Å². The van der Waals surface area contributed by atoms with Gasteiger partial charge in [-0.25, -0.2) is 9.59 Å². The van der Waals surface area contributed by atoms with Gasteiger partial charge in [0, 0.05) is 56.3 Å². The van der Waals surface area contributed by atoms with E-state index >= 15 is 0 Å². The minimum absolute atomic E-state index is 0.0329. The summed E-state index contributed by atoms with van der Waals surface area (Å²) in [6, 6.07) is 18.4. The van der Waals surface area contributed by atoms with Crippen molar-refractivity contribution in [3.63, 3.8) is 0 Å². The first kappa shape index (κ1) is 48.1. The third-order valence-corrected chi connectivity index (χ3v) is 12.0. The third kappa shape index (κ3) is 11.9. The van der Waals surface area contributed by atoms with Crippen LogP contribution < -0.4 is 27.2 Å². The summed E-state index contributed by atoms with van der Waals surface area (Å²) in [4.78, 5) is 91.2. The molecule has 3 aromatic carbocycles. The molecule has 0 saturated carbocycles. The lowest BCUT2D eigenvalue weighted by Crippen LogP contribution is -2.43. The number of carbonyl (C=O) groups excluding carboxylic acids is 5. The second-order valence-electron chi connectivity index (χ2n) is 15.5. The average molecular weight is 913 g/mol. The highest BCUT2D eigenvalue weighted by atomic mass is 32.2. The Morgan fingerprint density at radius 3 is 1.89 bits per heavy atom. The molecule has 6 rings (SSSR count). The molecule has 5 aromatic rings. The van der Waals surface area contributed by atoms with E-state index in [0.717, 1.165) is 4.90 Å². The SMILES string of the molecule is CCC(=O)[C@H](CSC1CC(=O)N(CCC(=O)NCCOCCOCCNC(=O)c2ccc(C(c3c(O)c4ccccc4oc3=O)c3c(O)c4ccccc4oc3=O)cc2)C1=O)NC(C)C. The largest absolute Gasteiger partial charge is 0.507 e. The molecular weight excluding hydrogens is 861 g/mol. The van der Waals surface area contributed by atoms with Crippen LogP contribution in [0.4, 0.5) is 0 Å². The molecule has 0 radical (unpaired) electrons. The van der Waals surface area contributed by atoms with Gasteiger partial charge in [0.15, 0.2) is 0 Å². The first-order valence-corrected chi connectivity index (χ1v) is 22.4. The first-order valence-electron chi connectivity index (χ1n) is 21.3. The van der Waals surface area contributed by atoms with Gasteiger partial charge in [-0.2, -0.15) is 0 Å². The minimum Gasteiger partial charge on any atom is -0.507 e. The van der Waals surface area contributed by atoms with Crippen LogP contribution in [0.2, 0.25) is 0 Å². The summed E-state index contributed by atoms with van der Waals surface area (Å²) in [7, 11) is 0. The predicted octanol–water partition coefficient (Wildman–Crippen LogP) is 3.97. The number of para-hydroxylation sites is 2. The van der Waals surface area contributed by atoms with Crippen molar-refractivity contribution in [2.75, 3.05) is 51.8 Å². The molecule has 65 heavy (non-hydrogen) atoms. The van der Waals surface area contributed by atoms with Crippen molar-refractivity contribution in [1.29, 1.82) is 0 Å². The number of ether oxygens (including phenoxy) is 2. The predicted molar refractivity (Wildman–Crippen MR) is 242 cm³/mol. The van der Waals surface area contributed by atoms with E-state index < -0.39 is 45.9 Å². The Balaban J connectivity index is 0.923. The maximum Gasteiger partial charge on any atom is 0.344 e. The number of hydrogen-bond donors (Lipinski definition) is 5. The second-order valence-corrected chi connectivity index (χ2v) is 16.8. The van der Waals surface area contributed by atoms with Crippen LogP contribution in [0.25, 0.3) is 21.9 Å². The van der Waals surface area contributed by atoms with Gasteiger partial charge in [-0.05, 0) is 42.0 Å². The molecule has 1 aliphatic heterocycles. The van der Waals surface area contributed by atoms with Gasteiger partial charge >= 0.3 is 11.3 Å². The van der Waals surface area contributed by atoms with Gasteiger partial charge in [-0.15, -0.1) is 11.8 Å². The van der Waals surface area contributed by atoms with Crippen LogP contribution in [0.5, 0.6) is 11.5 Å². The van der Waals surface area contributed by atoms with Gasteiger partial charge < -0.3 is 44.5 Å². The number of nitrogens with zero attached hydrogens (tertiary/aromatic N) is 1. The van der Waals surface area contributed by atoms with E-state index in [1.807, 2.05) is 13.8 Å². The van der Waals surface area contributed by atoms with Gasteiger partial charge in [-0.1, -0.05) is 57.2 Å². The summed E-state index contributed by atoms with van der Waals surface area (Å²) < 4.78 is 22.1. The summed E-state index contributed by atoms with van der Waals surface area (Å²) in [5.41, 5.74) is -1.69. The Kier molecular flexibility index (Phi) is 16.7. The van der Waals surface area contributed by atoms with E-state index in [-0.39, 0.29) is 133 Å². The van der Waals surface area contributed by atoms with E-state index in [4.69, 9.17) is 18.3 Å². The molecule has 0 aliphatic carbocycles. The number of rotatable bonds is 23. The number of likely N-dealkylation sites (tertiary alicyclic amines) is 1. The average Bonchev–Trinajstić information content (AvgIpc) is 3.56. The van der Waals surface area contributed by atoms with E-state index in [1.54, 1.807) is 43.3 Å². The number of thioether (sulfide) groups is 1. The van der Waals surface area contributed by atoms with Crippen molar-refractivity contribution < 1.29 is 52.5 Å². The summed E-state index contributed by atoms with van der Waals surface area (Å²) >= 11 is 1.28. The Hall–Kier alpha value is -6.34. The highest BCUT2D eigenvalue weighted by Crippen LogP contribution is 2.42. The molecule has 344 valence electrons. The molecule has 1 fully saturated rings. The number of hydrogen-bond acceptors (Lipinski definition) is 15. The molecule has 1 saturated heterocycles. The van der Waals surface area contributed by atoms with Gasteiger partial charge in [0.1, 0.15) is 28.4 Å². The quantitative estimate of drug-likeness (QED) is 0.0354. The highest BCUT2D eigenvalue weighted by Gasteiger charge is 2.39. The number of ketones is 1. The Morgan fingerprint density at radius 1 is 0.785 bits per heavy atom. The lowest BCUT2D eigenvalue weighted by atomic mass is 9.84. The van der Waals surface area contributed by atoms with E-state index in [9.17, 15) is 43.8 Å². The molecular formula is C47H52N4O13S. The summed E-state index contributed by atoms with van der Waals surface area (Å²) in [6.45, 7) is 6.79. The van der Waals surface area contributed by atoms with E-state index in [0.29, 0.717) is 12.2 Å². The summed E-state index contributed by atoms with van der Waals surface area (Å²) in [5.74, 6) is -3.27. The summed E-state index contributed by atoms with van der Waals surface area (Å²) in [6.07, 6.45) is 0.351. The number of Topliss-reactive ketones (excluding diaryl/α,β-unsaturated/α-hetero) is 1. The number of nitrogens with one attached hydrogen (secondary N) is 3. The lowest BCUT2D eigenvalue weighted by molar-refractivity contribution is -0.138. The van der Waals surface area contributed by atoms with Crippen molar-refractivity contribution in [3.8, 4) is 11.5 Å². The molecule has 0 spiro atoms. The lowest BCUT2D eigenvalue weighted by Gasteiger charge is -2.20. The zero-order valence-corrected chi connectivity index (χ0v) is 37.1. The van der Waals surface area contributed by atoms with Crippen LogP contribution in [0.15, 0.2) is 91.2 Å². The third-order valence-electron chi connectivity index (χ3n) is 10.7. The maximum absolute atomic E-state index is 13.5. The number of fused-ring (bicyclic) bond motifs is 2. The normalized spacial score (nSPS) is 14.5. The highest BCUT2D eigenvalue weighted by molar-refractivity contribution is 8.00. The number of imide groups is 1. The van der Waals surface area contributed by atoms with E-state index in [2.05, 4.69) is 16.0 Å². The van der Waals surface area contributed by atoms with Crippen molar-refractivity contribution in [1.82, 2.24) is 20.9 Å². The first-order chi connectivity index (χ1) is 31.3. The molecule has 18 heteroatoms. The fraction of sp³-hybridized carbons (Fsp3) is 0.383. The maximum atomic E-state index is 13.5. The second kappa shape index (κ2) is 22.5. The molecule has 1 aliphatic rings. The van der Waals surface area contributed by atoms with Crippen LogP contribution in [-0.4, -0.2) is 114 Å². The summed E-state index contributed by atoms with van der Waals surface area (Å²) in [5, 5.41) is 31.3. The fourth-order valence-corrected chi connectivity index (χ4v) is 8.68. The molecule has 1 unspecified atom stereocenters. The molecule has 17 nitrogen and oxygen atoms in total. The monoisotopic (exact) mass is 912 g/mol. The van der Waals surface area contributed by atoms with Crippen LogP contribution >= 0.6 is 11.8 Å². The van der Waals surface area contributed by atoms with Crippen molar-refractivity contribution in [2.45, 2.75) is 63.3 Å². The standard InChI is InChI=1S/C47H52N4O13S/c1-4-33(52)32(50-27(2)3)26-65-36-25-38(54)51(45(36)58)20-17-37(53)48-18-21-61-23-24-62-22-19-49-44(57)29-15-13-28(14-16-29)39(40-42(55)30-9-5-7-11-34(30)63-46(40)59)41-43(56)31-10-6-8-12-35(31)64-47(41)60/h5-16,27,32,36,39,50,55-56H,4,17-26H2,1-3H3,(H,48,53)(H,49,57)/t32-,36?/m0/s1.